The topological polar surface area (TPSA) is 17.1 Å². The third-order valence-electron chi connectivity index (χ3n) is 3.21. The number of hydrogen-bond donors (Lipinski definition) is 0. The number of fused-ring (bicyclic) bond motifs is 1. The van der Waals surface area contributed by atoms with Crippen LogP contribution in [-0.4, -0.2) is 11.7 Å². The lowest BCUT2D eigenvalue weighted by atomic mass is 10.0. The van der Waals surface area contributed by atoms with Gasteiger partial charge >= 0.3 is 0 Å². The number of benzene rings is 1. The predicted molar refractivity (Wildman–Crippen MR) is 67.4 cm³/mol. The van der Waals surface area contributed by atoms with E-state index in [0.717, 1.165) is 24.8 Å². The Morgan fingerprint density at radius 3 is 2.81 bits per heavy atom. The first-order valence-electron chi connectivity index (χ1n) is 6.02. The van der Waals surface area contributed by atoms with E-state index in [2.05, 4.69) is 12.1 Å². The van der Waals surface area contributed by atoms with Crippen molar-refractivity contribution in [1.29, 1.82) is 0 Å². The molecule has 0 spiro atoms. The molecule has 0 aromatic heterocycles. The number of alkyl halides is 1. The van der Waals surface area contributed by atoms with Crippen molar-refractivity contribution in [3.05, 3.63) is 34.9 Å². The number of carbonyl (C=O) groups excluding carboxylic acids is 1. The quantitative estimate of drug-likeness (QED) is 0.432. The minimum atomic E-state index is 0.264. The maximum Gasteiger partial charge on any atom is 0.162 e. The highest BCUT2D eigenvalue weighted by atomic mass is 35.5. The van der Waals surface area contributed by atoms with Crippen molar-refractivity contribution < 1.29 is 4.79 Å². The monoisotopic (exact) mass is 236 g/mol. The van der Waals surface area contributed by atoms with Gasteiger partial charge in [-0.1, -0.05) is 12.1 Å². The van der Waals surface area contributed by atoms with Crippen LogP contribution in [0.3, 0.4) is 0 Å². The van der Waals surface area contributed by atoms with Gasteiger partial charge in [0.2, 0.25) is 0 Å². The van der Waals surface area contributed by atoms with Gasteiger partial charge in [0.15, 0.2) is 5.78 Å². The fourth-order valence-corrected chi connectivity index (χ4v) is 2.46. The predicted octanol–water partition coefficient (Wildman–Crippen LogP) is 3.77. The Balaban J connectivity index is 2.01. The fraction of sp³-hybridized carbons (Fsp3) is 0.500. The van der Waals surface area contributed by atoms with E-state index >= 15 is 0 Å². The molecule has 0 fully saturated rings. The van der Waals surface area contributed by atoms with Crippen molar-refractivity contribution in [3.8, 4) is 0 Å². The SMILES string of the molecule is O=C(CCCCCl)c1ccc2c(c1)CCC2. The van der Waals surface area contributed by atoms with E-state index in [0.29, 0.717) is 12.3 Å². The van der Waals surface area contributed by atoms with E-state index in [-0.39, 0.29) is 5.78 Å². The zero-order valence-corrected chi connectivity index (χ0v) is 10.2. The largest absolute Gasteiger partial charge is 0.294 e. The Bertz CT molecular complexity index is 384. The molecule has 0 N–H and O–H groups in total. The van der Waals surface area contributed by atoms with Crippen LogP contribution in [0, 0.1) is 0 Å². The molecule has 2 heteroatoms. The van der Waals surface area contributed by atoms with Crippen LogP contribution in [0.1, 0.15) is 47.2 Å². The zero-order valence-electron chi connectivity index (χ0n) is 9.47. The summed E-state index contributed by atoms with van der Waals surface area (Å²) in [6, 6.07) is 6.19. The molecule has 2 rings (SSSR count). The molecule has 1 aromatic rings. The summed E-state index contributed by atoms with van der Waals surface area (Å²) >= 11 is 5.60. The number of rotatable bonds is 5. The standard InChI is InChI=1S/C14H17ClO/c15-9-2-1-6-14(16)13-8-7-11-4-3-5-12(11)10-13/h7-8,10H,1-6,9H2. The number of aryl methyl sites for hydroxylation is 2. The highest BCUT2D eigenvalue weighted by Crippen LogP contribution is 2.23. The summed E-state index contributed by atoms with van der Waals surface area (Å²) < 4.78 is 0. The number of halogens is 1. The Labute approximate surface area is 102 Å². The number of Topliss-reactive ketones (excluding diaryl/α,β-unsaturated/α-hetero) is 1. The molecule has 1 nitrogen and oxygen atoms in total. The van der Waals surface area contributed by atoms with E-state index in [4.69, 9.17) is 11.6 Å². The van der Waals surface area contributed by atoms with E-state index in [1.165, 1.54) is 24.0 Å². The molecule has 0 atom stereocenters. The van der Waals surface area contributed by atoms with Crippen LogP contribution in [0.5, 0.6) is 0 Å². The van der Waals surface area contributed by atoms with Gasteiger partial charge in [0.25, 0.3) is 0 Å². The van der Waals surface area contributed by atoms with Crippen molar-refractivity contribution in [2.75, 3.05) is 5.88 Å². The Morgan fingerprint density at radius 2 is 2.00 bits per heavy atom. The van der Waals surface area contributed by atoms with E-state index in [1.54, 1.807) is 0 Å². The average molecular weight is 237 g/mol. The van der Waals surface area contributed by atoms with Crippen molar-refractivity contribution in [2.24, 2.45) is 0 Å². The first-order chi connectivity index (χ1) is 7.81. The van der Waals surface area contributed by atoms with Gasteiger partial charge in [0, 0.05) is 17.9 Å². The van der Waals surface area contributed by atoms with Gasteiger partial charge in [0.1, 0.15) is 0 Å². The molecule has 0 bridgehead atoms. The lowest BCUT2D eigenvalue weighted by molar-refractivity contribution is 0.0980. The van der Waals surface area contributed by atoms with Crippen molar-refractivity contribution in [1.82, 2.24) is 0 Å². The summed E-state index contributed by atoms with van der Waals surface area (Å²) in [6.45, 7) is 0. The molecular weight excluding hydrogens is 220 g/mol. The van der Waals surface area contributed by atoms with Crippen molar-refractivity contribution in [3.63, 3.8) is 0 Å². The van der Waals surface area contributed by atoms with Crippen LogP contribution in [0.2, 0.25) is 0 Å². The summed E-state index contributed by atoms with van der Waals surface area (Å²) in [5.41, 5.74) is 3.69. The normalized spacial score (nSPS) is 13.8. The summed E-state index contributed by atoms with van der Waals surface area (Å²) in [5.74, 6) is 0.914. The fourth-order valence-electron chi connectivity index (χ4n) is 2.27. The summed E-state index contributed by atoms with van der Waals surface area (Å²) in [7, 11) is 0. The number of hydrogen-bond acceptors (Lipinski definition) is 1. The first-order valence-corrected chi connectivity index (χ1v) is 6.55. The van der Waals surface area contributed by atoms with Gasteiger partial charge in [-0.05, 0) is 49.3 Å². The molecule has 1 aliphatic carbocycles. The molecule has 0 aliphatic heterocycles. The molecule has 0 saturated carbocycles. The summed E-state index contributed by atoms with van der Waals surface area (Å²) in [6.07, 6.45) is 6.01. The highest BCUT2D eigenvalue weighted by molar-refractivity contribution is 6.17. The van der Waals surface area contributed by atoms with Crippen LogP contribution in [-0.2, 0) is 12.8 Å². The third kappa shape index (κ3) is 2.65. The minimum absolute atomic E-state index is 0.264. The van der Waals surface area contributed by atoms with Crippen molar-refractivity contribution in [2.45, 2.75) is 38.5 Å². The molecule has 0 saturated heterocycles. The first kappa shape index (κ1) is 11.7. The van der Waals surface area contributed by atoms with Crippen LogP contribution >= 0.6 is 11.6 Å². The smallest absolute Gasteiger partial charge is 0.162 e. The molecule has 0 unspecified atom stereocenters. The number of unbranched alkanes of at least 4 members (excludes halogenated alkanes) is 1. The Hall–Kier alpha value is -0.820. The van der Waals surface area contributed by atoms with Gasteiger partial charge in [-0.2, -0.15) is 0 Å². The van der Waals surface area contributed by atoms with Gasteiger partial charge in [-0.3, -0.25) is 4.79 Å². The third-order valence-corrected chi connectivity index (χ3v) is 3.48. The lowest BCUT2D eigenvalue weighted by Gasteiger charge is -2.04. The number of carbonyl (C=O) groups is 1. The van der Waals surface area contributed by atoms with Gasteiger partial charge in [-0.25, -0.2) is 0 Å². The number of ketones is 1. The minimum Gasteiger partial charge on any atom is -0.294 e. The molecule has 0 amide bonds. The van der Waals surface area contributed by atoms with Crippen molar-refractivity contribution >= 4 is 17.4 Å². The summed E-state index contributed by atoms with van der Waals surface area (Å²) in [5, 5.41) is 0. The molecule has 0 radical (unpaired) electrons. The summed E-state index contributed by atoms with van der Waals surface area (Å²) in [4.78, 5) is 11.9. The van der Waals surface area contributed by atoms with Crippen LogP contribution in [0.25, 0.3) is 0 Å². The Kier molecular flexibility index (Phi) is 4.00. The van der Waals surface area contributed by atoms with Gasteiger partial charge in [0.05, 0.1) is 0 Å². The molecular formula is C14H17ClO. The molecule has 16 heavy (non-hydrogen) atoms. The van der Waals surface area contributed by atoms with E-state index < -0.39 is 0 Å². The van der Waals surface area contributed by atoms with E-state index in [1.807, 2.05) is 6.07 Å². The molecule has 1 aliphatic rings. The van der Waals surface area contributed by atoms with Gasteiger partial charge in [-0.15, -0.1) is 11.6 Å². The highest BCUT2D eigenvalue weighted by Gasteiger charge is 2.13. The maximum absolute atomic E-state index is 11.9. The molecule has 1 aromatic carbocycles. The van der Waals surface area contributed by atoms with Crippen LogP contribution in [0.4, 0.5) is 0 Å². The molecule has 86 valence electrons. The lowest BCUT2D eigenvalue weighted by Crippen LogP contribution is -2.00. The second-order valence-electron chi connectivity index (χ2n) is 4.41. The van der Waals surface area contributed by atoms with Gasteiger partial charge < -0.3 is 0 Å². The Morgan fingerprint density at radius 1 is 1.19 bits per heavy atom. The average Bonchev–Trinajstić information content (AvgIpc) is 2.76. The molecule has 0 heterocycles. The second kappa shape index (κ2) is 5.49. The van der Waals surface area contributed by atoms with Crippen LogP contribution in [0.15, 0.2) is 18.2 Å². The van der Waals surface area contributed by atoms with Crippen LogP contribution < -0.4 is 0 Å². The zero-order chi connectivity index (χ0) is 11.4. The maximum atomic E-state index is 11.9. The second-order valence-corrected chi connectivity index (χ2v) is 4.78. The van der Waals surface area contributed by atoms with E-state index in [9.17, 15) is 4.79 Å².